The van der Waals surface area contributed by atoms with Crippen LogP contribution in [0.3, 0.4) is 0 Å². The first-order valence-corrected chi connectivity index (χ1v) is 6.51. The molecular formula is C15H19FN2O2. The van der Waals surface area contributed by atoms with E-state index >= 15 is 0 Å². The average Bonchev–Trinajstić information content (AvgIpc) is 2.44. The maximum Gasteiger partial charge on any atom is 0.251 e. The first-order valence-electron chi connectivity index (χ1n) is 6.51. The molecule has 0 atom stereocenters. The molecule has 0 aromatic heterocycles. The number of hydrogen-bond donors (Lipinski definition) is 2. The second-order valence-electron chi connectivity index (χ2n) is 5.53. The monoisotopic (exact) mass is 278 g/mol. The summed E-state index contributed by atoms with van der Waals surface area (Å²) in [5.41, 5.74) is 7.21. The molecule has 1 aromatic rings. The van der Waals surface area contributed by atoms with Crippen molar-refractivity contribution in [3.8, 4) is 5.75 Å². The molecule has 2 rings (SSSR count). The highest BCUT2D eigenvalue weighted by Gasteiger charge is 2.31. The Morgan fingerprint density at radius 2 is 2.30 bits per heavy atom. The number of fused-ring (bicyclic) bond motifs is 1. The van der Waals surface area contributed by atoms with Crippen LogP contribution in [0.5, 0.6) is 5.75 Å². The van der Waals surface area contributed by atoms with Gasteiger partial charge in [-0.15, -0.1) is 0 Å². The lowest BCUT2D eigenvalue weighted by Crippen LogP contribution is -2.43. The van der Waals surface area contributed by atoms with Crippen LogP contribution in [-0.4, -0.2) is 25.6 Å². The van der Waals surface area contributed by atoms with Gasteiger partial charge in [-0.25, -0.2) is 4.39 Å². The Morgan fingerprint density at radius 1 is 1.55 bits per heavy atom. The zero-order valence-corrected chi connectivity index (χ0v) is 11.7. The minimum Gasteiger partial charge on any atom is -0.489 e. The summed E-state index contributed by atoms with van der Waals surface area (Å²) in [6, 6.07) is 5.30. The van der Waals surface area contributed by atoms with Gasteiger partial charge in [0.1, 0.15) is 12.4 Å². The number of halogens is 1. The van der Waals surface area contributed by atoms with E-state index in [-0.39, 0.29) is 24.5 Å². The molecule has 1 aliphatic heterocycles. The highest BCUT2D eigenvalue weighted by molar-refractivity contribution is 5.97. The molecule has 5 heteroatoms. The highest BCUT2D eigenvalue weighted by Crippen LogP contribution is 2.32. The fourth-order valence-corrected chi connectivity index (χ4v) is 2.17. The first-order chi connectivity index (χ1) is 9.47. The van der Waals surface area contributed by atoms with E-state index < -0.39 is 0 Å². The maximum absolute atomic E-state index is 12.4. The molecule has 0 saturated carbocycles. The molecule has 0 spiro atoms. The van der Waals surface area contributed by atoms with Crippen LogP contribution < -0.4 is 15.8 Å². The fourth-order valence-electron chi connectivity index (χ4n) is 2.17. The molecule has 1 heterocycles. The zero-order valence-electron chi connectivity index (χ0n) is 11.7. The minimum absolute atomic E-state index is 0.0721. The number of benzene rings is 1. The molecule has 20 heavy (non-hydrogen) atoms. The summed E-state index contributed by atoms with van der Waals surface area (Å²) in [5, 5.41) is 2.86. The highest BCUT2D eigenvalue weighted by atomic mass is 19.1. The van der Waals surface area contributed by atoms with Crippen LogP contribution in [0.4, 0.5) is 4.39 Å². The number of ether oxygens (including phenoxy) is 1. The van der Waals surface area contributed by atoms with Gasteiger partial charge in [0.25, 0.3) is 5.91 Å². The lowest BCUT2D eigenvalue weighted by molar-refractivity contribution is 0.0929. The van der Waals surface area contributed by atoms with Crippen LogP contribution in [0, 0.1) is 0 Å². The molecule has 0 unspecified atom stereocenters. The van der Waals surface area contributed by atoms with Crippen LogP contribution in [0.1, 0.15) is 29.8 Å². The predicted octanol–water partition coefficient (Wildman–Crippen LogP) is 1.90. The van der Waals surface area contributed by atoms with Gasteiger partial charge in [-0.05, 0) is 23.8 Å². The quantitative estimate of drug-likeness (QED) is 0.884. The lowest BCUT2D eigenvalue weighted by Gasteiger charge is -2.32. The Hall–Kier alpha value is -1.88. The molecule has 108 valence electrons. The number of rotatable bonds is 4. The molecule has 0 bridgehead atoms. The standard InChI is InChI=1S/C15H19FN2O2/c1-15(2)9-18-14(19)12-4-3-11(5-13(12)15)20-8-10(6-16)7-17/h3-6H,7-9,17H2,1-2H3,(H,18,19)/b10-6-. The van der Waals surface area contributed by atoms with Crippen molar-refractivity contribution in [2.24, 2.45) is 5.73 Å². The number of nitrogens with two attached hydrogens (primary N) is 1. The molecule has 0 radical (unpaired) electrons. The predicted molar refractivity (Wildman–Crippen MR) is 75.5 cm³/mol. The van der Waals surface area contributed by atoms with E-state index in [9.17, 15) is 9.18 Å². The van der Waals surface area contributed by atoms with Gasteiger partial charge < -0.3 is 15.8 Å². The maximum atomic E-state index is 12.4. The van der Waals surface area contributed by atoms with Crippen LogP contribution in [0.25, 0.3) is 0 Å². The van der Waals surface area contributed by atoms with Gasteiger partial charge in [0.05, 0.1) is 6.33 Å². The summed E-state index contributed by atoms with van der Waals surface area (Å²) >= 11 is 0. The van der Waals surface area contributed by atoms with Crippen LogP contribution >= 0.6 is 0 Å². The largest absolute Gasteiger partial charge is 0.489 e. The van der Waals surface area contributed by atoms with Gasteiger partial charge in [-0.3, -0.25) is 4.79 Å². The van der Waals surface area contributed by atoms with E-state index in [1.54, 1.807) is 12.1 Å². The number of nitrogens with one attached hydrogen (secondary N) is 1. The van der Waals surface area contributed by atoms with Crippen molar-refractivity contribution < 1.29 is 13.9 Å². The van der Waals surface area contributed by atoms with Gasteiger partial charge in [-0.2, -0.15) is 0 Å². The zero-order chi connectivity index (χ0) is 14.8. The minimum atomic E-state index is -0.158. The Balaban J connectivity index is 2.24. The van der Waals surface area contributed by atoms with Crippen molar-refractivity contribution in [3.63, 3.8) is 0 Å². The SMILES string of the molecule is CC1(C)CNC(=O)c2ccc(OC/C(=C\F)CN)cc21. The summed E-state index contributed by atoms with van der Waals surface area (Å²) in [4.78, 5) is 11.8. The van der Waals surface area contributed by atoms with Crippen molar-refractivity contribution in [1.82, 2.24) is 5.32 Å². The van der Waals surface area contributed by atoms with Gasteiger partial charge in [0.2, 0.25) is 0 Å². The molecule has 1 aromatic carbocycles. The smallest absolute Gasteiger partial charge is 0.251 e. The van der Waals surface area contributed by atoms with Crippen molar-refractivity contribution in [1.29, 1.82) is 0 Å². The summed E-state index contributed by atoms with van der Waals surface area (Å²) < 4.78 is 18.0. The lowest BCUT2D eigenvalue weighted by atomic mass is 9.79. The Morgan fingerprint density at radius 3 is 2.95 bits per heavy atom. The fraction of sp³-hybridized carbons (Fsp3) is 0.400. The van der Waals surface area contributed by atoms with E-state index in [0.717, 1.165) is 5.56 Å². The summed E-state index contributed by atoms with van der Waals surface area (Å²) in [5.74, 6) is 0.538. The molecule has 1 aliphatic rings. The van der Waals surface area contributed by atoms with E-state index in [2.05, 4.69) is 19.2 Å². The summed E-state index contributed by atoms with van der Waals surface area (Å²) in [6.07, 6.45) is 0.468. The normalized spacial score (nSPS) is 17.4. The topological polar surface area (TPSA) is 64.3 Å². The van der Waals surface area contributed by atoms with E-state index in [1.807, 2.05) is 6.07 Å². The average molecular weight is 278 g/mol. The Kier molecular flexibility index (Phi) is 4.09. The van der Waals surface area contributed by atoms with Gasteiger partial charge in [-0.1, -0.05) is 13.8 Å². The third-order valence-electron chi connectivity index (χ3n) is 3.50. The van der Waals surface area contributed by atoms with Crippen molar-refractivity contribution in [2.75, 3.05) is 19.7 Å². The molecular weight excluding hydrogens is 259 g/mol. The van der Waals surface area contributed by atoms with Crippen LogP contribution in [0.15, 0.2) is 30.1 Å². The van der Waals surface area contributed by atoms with Crippen molar-refractivity contribution >= 4 is 5.91 Å². The van der Waals surface area contributed by atoms with Crippen LogP contribution in [0.2, 0.25) is 0 Å². The van der Waals surface area contributed by atoms with Crippen molar-refractivity contribution in [3.05, 3.63) is 41.2 Å². The summed E-state index contributed by atoms with van der Waals surface area (Å²) in [7, 11) is 0. The van der Waals surface area contributed by atoms with E-state index in [1.165, 1.54) is 0 Å². The van der Waals surface area contributed by atoms with E-state index in [4.69, 9.17) is 10.5 Å². The molecule has 0 aliphatic carbocycles. The Bertz CT molecular complexity index is 553. The van der Waals surface area contributed by atoms with Gasteiger partial charge >= 0.3 is 0 Å². The molecule has 4 nitrogen and oxygen atoms in total. The van der Waals surface area contributed by atoms with E-state index in [0.29, 0.717) is 29.8 Å². The molecule has 1 amide bonds. The van der Waals surface area contributed by atoms with Crippen molar-refractivity contribution in [2.45, 2.75) is 19.3 Å². The number of carbonyl (C=O) groups excluding carboxylic acids is 1. The van der Waals surface area contributed by atoms with Crippen LogP contribution in [-0.2, 0) is 5.41 Å². The van der Waals surface area contributed by atoms with Gasteiger partial charge in [0.15, 0.2) is 0 Å². The molecule has 3 N–H and O–H groups in total. The third-order valence-corrected chi connectivity index (χ3v) is 3.50. The second kappa shape index (κ2) is 5.63. The first kappa shape index (κ1) is 14.5. The number of carbonyl (C=O) groups is 1. The Labute approximate surface area is 117 Å². The number of hydrogen-bond acceptors (Lipinski definition) is 3. The molecule has 0 saturated heterocycles. The second-order valence-corrected chi connectivity index (χ2v) is 5.53. The summed E-state index contributed by atoms with van der Waals surface area (Å²) in [6.45, 7) is 4.93. The number of amides is 1. The van der Waals surface area contributed by atoms with Gasteiger partial charge in [0, 0.05) is 29.6 Å². The molecule has 0 fully saturated rings. The third kappa shape index (κ3) is 2.82.